The van der Waals surface area contributed by atoms with E-state index in [2.05, 4.69) is 45.6 Å². The van der Waals surface area contributed by atoms with Crippen molar-refractivity contribution >= 4 is 51.1 Å². The Balaban J connectivity index is 1.48. The summed E-state index contributed by atoms with van der Waals surface area (Å²) in [5.74, 6) is 0.109. The minimum absolute atomic E-state index is 0.106. The molecule has 4 rings (SSSR count). The Morgan fingerprint density at radius 3 is 2.60 bits per heavy atom. The lowest BCUT2D eigenvalue weighted by atomic mass is 10.1. The van der Waals surface area contributed by atoms with Gasteiger partial charge in [-0.3, -0.25) is 4.79 Å². The van der Waals surface area contributed by atoms with Crippen molar-refractivity contribution in [2.45, 2.75) is 18.5 Å². The predicted octanol–water partition coefficient (Wildman–Crippen LogP) is 3.88. The van der Waals surface area contributed by atoms with E-state index in [1.165, 1.54) is 17.3 Å². The summed E-state index contributed by atoms with van der Waals surface area (Å²) >= 11 is 1.28. The number of carbonyl (C=O) groups excluding carboxylic acids is 1. The van der Waals surface area contributed by atoms with Crippen LogP contribution in [0.5, 0.6) is 0 Å². The molecule has 2 aromatic heterocycles. The van der Waals surface area contributed by atoms with Crippen LogP contribution in [0, 0.1) is 0 Å². The van der Waals surface area contributed by atoms with Gasteiger partial charge in [-0.25, -0.2) is 4.98 Å². The number of fused-ring (bicyclic) bond motifs is 3. The van der Waals surface area contributed by atoms with Crippen molar-refractivity contribution < 1.29 is 4.79 Å². The lowest BCUT2D eigenvalue weighted by Crippen LogP contribution is -2.14. The largest absolute Gasteiger partial charge is 0.378 e. The van der Waals surface area contributed by atoms with Crippen LogP contribution in [0.25, 0.3) is 22.1 Å². The second-order valence-corrected chi connectivity index (χ2v) is 8.25. The van der Waals surface area contributed by atoms with Crippen molar-refractivity contribution in [3.8, 4) is 0 Å². The van der Waals surface area contributed by atoms with E-state index in [9.17, 15) is 4.79 Å². The van der Waals surface area contributed by atoms with Crippen molar-refractivity contribution in [1.82, 2.24) is 19.7 Å². The molecule has 0 atom stereocenters. The molecule has 0 spiro atoms. The molecule has 1 N–H and O–H groups in total. The average Bonchev–Trinajstić information content (AvgIpc) is 3.03. The van der Waals surface area contributed by atoms with E-state index in [1.807, 2.05) is 54.9 Å². The van der Waals surface area contributed by atoms with Gasteiger partial charge >= 0.3 is 0 Å². The molecule has 0 radical (unpaired) electrons. The number of anilines is 2. The van der Waals surface area contributed by atoms with Crippen LogP contribution in [0.3, 0.4) is 0 Å². The second kappa shape index (κ2) is 8.31. The van der Waals surface area contributed by atoms with Gasteiger partial charge in [-0.05, 0) is 48.4 Å². The molecule has 1 amide bonds. The fourth-order valence-electron chi connectivity index (χ4n) is 3.34. The number of aryl methyl sites for hydroxylation is 2. The highest BCUT2D eigenvalue weighted by atomic mass is 32.2. The first-order valence-corrected chi connectivity index (χ1v) is 10.8. The van der Waals surface area contributed by atoms with E-state index in [1.54, 1.807) is 0 Å². The number of benzene rings is 2. The number of thioether (sulfide) groups is 1. The third-order valence-electron chi connectivity index (χ3n) is 5.05. The predicted molar refractivity (Wildman–Crippen MR) is 123 cm³/mol. The van der Waals surface area contributed by atoms with Crippen LogP contribution in [0.15, 0.2) is 47.6 Å². The normalized spacial score (nSPS) is 11.2. The molecular formula is C22H24N6OS. The number of carbonyl (C=O) groups is 1. The molecule has 0 aliphatic heterocycles. The summed E-state index contributed by atoms with van der Waals surface area (Å²) in [6, 6.07) is 14.1. The van der Waals surface area contributed by atoms with Crippen molar-refractivity contribution in [2.75, 3.05) is 30.1 Å². The summed E-state index contributed by atoms with van der Waals surface area (Å²) < 4.78 is 2.02. The van der Waals surface area contributed by atoms with E-state index < -0.39 is 0 Å². The molecule has 0 fully saturated rings. The Morgan fingerprint density at radius 1 is 1.13 bits per heavy atom. The quantitative estimate of drug-likeness (QED) is 0.477. The smallest absolute Gasteiger partial charge is 0.234 e. The van der Waals surface area contributed by atoms with Crippen LogP contribution in [0.1, 0.15) is 12.5 Å². The number of nitrogens with one attached hydrogen (secondary N) is 1. The first-order valence-electron chi connectivity index (χ1n) is 9.78. The summed E-state index contributed by atoms with van der Waals surface area (Å²) in [6.07, 6.45) is 0.966. The van der Waals surface area contributed by atoms with Crippen LogP contribution in [-0.2, 0) is 18.3 Å². The molecule has 0 aliphatic carbocycles. The number of hydrogen-bond acceptors (Lipinski definition) is 6. The van der Waals surface area contributed by atoms with E-state index in [-0.39, 0.29) is 11.7 Å². The monoisotopic (exact) mass is 420 g/mol. The van der Waals surface area contributed by atoms with Gasteiger partial charge in [-0.2, -0.15) is 0 Å². The molecule has 0 aliphatic rings. The SMILES string of the molecule is CCc1ccc2c(c1)c1nnc(SCC(=O)Nc3ccc(N(C)C)cc3)nc1n2C. The molecular weight excluding hydrogens is 396 g/mol. The van der Waals surface area contributed by atoms with Crippen LogP contribution >= 0.6 is 11.8 Å². The number of aromatic nitrogens is 4. The third-order valence-corrected chi connectivity index (χ3v) is 5.89. The Bertz CT molecular complexity index is 1220. The molecule has 0 saturated carbocycles. The fourth-order valence-corrected chi connectivity index (χ4v) is 3.92. The Morgan fingerprint density at radius 2 is 1.90 bits per heavy atom. The molecule has 2 aromatic carbocycles. The third kappa shape index (κ3) is 3.95. The summed E-state index contributed by atoms with van der Waals surface area (Å²) in [7, 11) is 5.94. The Hall–Kier alpha value is -3.13. The lowest BCUT2D eigenvalue weighted by molar-refractivity contribution is -0.113. The number of rotatable bonds is 6. The summed E-state index contributed by atoms with van der Waals surface area (Å²) in [5.41, 5.74) is 5.74. The highest BCUT2D eigenvalue weighted by molar-refractivity contribution is 7.99. The molecule has 7 nitrogen and oxygen atoms in total. The first kappa shape index (κ1) is 20.2. The zero-order chi connectivity index (χ0) is 21.3. The Kier molecular flexibility index (Phi) is 5.59. The van der Waals surface area contributed by atoms with Crippen LogP contribution < -0.4 is 10.2 Å². The van der Waals surface area contributed by atoms with Crippen LogP contribution in [0.2, 0.25) is 0 Å². The molecule has 0 saturated heterocycles. The van der Waals surface area contributed by atoms with Crippen LogP contribution in [0.4, 0.5) is 11.4 Å². The molecule has 2 heterocycles. The van der Waals surface area contributed by atoms with Crippen molar-refractivity contribution in [3.05, 3.63) is 48.0 Å². The lowest BCUT2D eigenvalue weighted by Gasteiger charge is -2.12. The molecule has 0 bridgehead atoms. The van der Waals surface area contributed by atoms with Gasteiger partial charge in [-0.1, -0.05) is 24.8 Å². The van der Waals surface area contributed by atoms with Gasteiger partial charge in [0, 0.05) is 37.9 Å². The second-order valence-electron chi connectivity index (χ2n) is 7.31. The summed E-state index contributed by atoms with van der Waals surface area (Å²) in [6.45, 7) is 2.13. The molecule has 8 heteroatoms. The topological polar surface area (TPSA) is 75.9 Å². The van der Waals surface area contributed by atoms with E-state index in [0.29, 0.717) is 5.16 Å². The highest BCUT2D eigenvalue weighted by Gasteiger charge is 2.14. The van der Waals surface area contributed by atoms with Gasteiger partial charge in [0.1, 0.15) is 5.52 Å². The van der Waals surface area contributed by atoms with Crippen LogP contribution in [-0.4, -0.2) is 45.5 Å². The standard InChI is InChI=1S/C22H24N6OS/c1-5-14-6-11-18-17(12-14)20-21(28(18)4)24-22(26-25-20)30-13-19(29)23-15-7-9-16(10-8-15)27(2)3/h6-12H,5,13H2,1-4H3,(H,23,29). The van der Waals surface area contributed by atoms with Crippen molar-refractivity contribution in [1.29, 1.82) is 0 Å². The maximum absolute atomic E-state index is 12.3. The number of hydrogen-bond donors (Lipinski definition) is 1. The minimum atomic E-state index is -0.106. The molecule has 0 unspecified atom stereocenters. The Labute approximate surface area is 179 Å². The zero-order valence-electron chi connectivity index (χ0n) is 17.5. The van der Waals surface area contributed by atoms with Gasteiger partial charge in [0.2, 0.25) is 11.1 Å². The number of amides is 1. The first-order chi connectivity index (χ1) is 14.5. The van der Waals surface area contributed by atoms with E-state index in [4.69, 9.17) is 0 Å². The summed E-state index contributed by atoms with van der Waals surface area (Å²) in [4.78, 5) is 19.0. The zero-order valence-corrected chi connectivity index (χ0v) is 18.3. The van der Waals surface area contributed by atoms with Gasteiger partial charge < -0.3 is 14.8 Å². The molecule has 4 aromatic rings. The van der Waals surface area contributed by atoms with E-state index in [0.717, 1.165) is 39.9 Å². The molecule has 30 heavy (non-hydrogen) atoms. The highest BCUT2D eigenvalue weighted by Crippen LogP contribution is 2.27. The number of nitrogens with zero attached hydrogens (tertiary/aromatic N) is 5. The van der Waals surface area contributed by atoms with Gasteiger partial charge in [0.15, 0.2) is 5.65 Å². The fraction of sp³-hybridized carbons (Fsp3) is 0.273. The average molecular weight is 421 g/mol. The summed E-state index contributed by atoms with van der Waals surface area (Å²) in [5, 5.41) is 13.1. The maximum atomic E-state index is 12.3. The van der Waals surface area contributed by atoms with Crippen molar-refractivity contribution in [3.63, 3.8) is 0 Å². The van der Waals surface area contributed by atoms with Crippen molar-refractivity contribution in [2.24, 2.45) is 7.05 Å². The maximum Gasteiger partial charge on any atom is 0.234 e. The van der Waals surface area contributed by atoms with Gasteiger partial charge in [0.05, 0.1) is 11.3 Å². The minimum Gasteiger partial charge on any atom is -0.378 e. The molecule has 154 valence electrons. The van der Waals surface area contributed by atoms with Gasteiger partial charge in [-0.15, -0.1) is 10.2 Å². The van der Waals surface area contributed by atoms with Gasteiger partial charge in [0.25, 0.3) is 0 Å². The van der Waals surface area contributed by atoms with E-state index >= 15 is 0 Å².